The van der Waals surface area contributed by atoms with Gasteiger partial charge in [-0.05, 0) is 35.9 Å². The first-order valence-electron chi connectivity index (χ1n) is 11.0. The van der Waals surface area contributed by atoms with Crippen molar-refractivity contribution in [1.29, 1.82) is 0 Å². The first-order chi connectivity index (χ1) is 15.9. The summed E-state index contributed by atoms with van der Waals surface area (Å²) in [5.41, 5.74) is 0.588. The van der Waals surface area contributed by atoms with Crippen molar-refractivity contribution in [2.45, 2.75) is 18.6 Å². The molecule has 1 aliphatic heterocycles. The summed E-state index contributed by atoms with van der Waals surface area (Å²) in [6.07, 6.45) is 0.996. The number of hydrogen-bond donors (Lipinski definition) is 1. The molecule has 3 aromatic rings. The lowest BCUT2D eigenvalue weighted by molar-refractivity contribution is -0.126. The van der Waals surface area contributed by atoms with Gasteiger partial charge in [-0.1, -0.05) is 66.2 Å². The van der Waals surface area contributed by atoms with Gasteiger partial charge in [-0.3, -0.25) is 4.79 Å². The van der Waals surface area contributed by atoms with Crippen LogP contribution in [0.2, 0.25) is 5.02 Å². The van der Waals surface area contributed by atoms with Crippen LogP contribution in [-0.4, -0.2) is 44.9 Å². The molecule has 8 heteroatoms. The maximum atomic E-state index is 12.8. The fourth-order valence-corrected chi connectivity index (χ4v) is 5.98. The zero-order valence-electron chi connectivity index (χ0n) is 18.2. The molecule has 1 saturated heterocycles. The molecule has 4 rings (SSSR count). The van der Waals surface area contributed by atoms with Gasteiger partial charge in [0, 0.05) is 29.4 Å². The summed E-state index contributed by atoms with van der Waals surface area (Å²) in [7, 11) is -3.48. The molecule has 0 bridgehead atoms. The van der Waals surface area contributed by atoms with Gasteiger partial charge in [0.15, 0.2) is 0 Å². The summed E-state index contributed by atoms with van der Waals surface area (Å²) in [4.78, 5) is 12.6. The number of ether oxygens (including phenoxy) is 1. The van der Waals surface area contributed by atoms with Crippen LogP contribution in [0.25, 0.3) is 10.8 Å². The van der Waals surface area contributed by atoms with Gasteiger partial charge in [-0.25, -0.2) is 12.7 Å². The lowest BCUT2D eigenvalue weighted by atomic mass is 9.97. The molecule has 1 fully saturated rings. The number of carbonyl (C=O) groups is 1. The van der Waals surface area contributed by atoms with Crippen molar-refractivity contribution >= 4 is 38.3 Å². The molecule has 3 aromatic carbocycles. The van der Waals surface area contributed by atoms with E-state index >= 15 is 0 Å². The number of nitrogens with zero attached hydrogens (tertiary/aromatic N) is 1. The molecule has 1 N–H and O–H groups in total. The number of amides is 1. The van der Waals surface area contributed by atoms with Gasteiger partial charge in [0.25, 0.3) is 0 Å². The highest BCUT2D eigenvalue weighted by molar-refractivity contribution is 7.88. The Morgan fingerprint density at radius 3 is 2.48 bits per heavy atom. The number of hydrogen-bond acceptors (Lipinski definition) is 4. The number of benzene rings is 3. The fourth-order valence-electron chi connectivity index (χ4n) is 4.10. The molecule has 6 nitrogen and oxygen atoms in total. The van der Waals surface area contributed by atoms with Crippen LogP contribution in [-0.2, 0) is 20.6 Å². The van der Waals surface area contributed by atoms with Crippen molar-refractivity contribution in [2.75, 3.05) is 26.2 Å². The molecule has 0 radical (unpaired) electrons. The van der Waals surface area contributed by atoms with E-state index in [0.29, 0.717) is 49.7 Å². The average molecular weight is 487 g/mol. The molecule has 0 atom stereocenters. The Bertz CT molecular complexity index is 1220. The average Bonchev–Trinajstić information content (AvgIpc) is 2.83. The van der Waals surface area contributed by atoms with Crippen LogP contribution in [0.3, 0.4) is 0 Å². The molecule has 0 saturated carbocycles. The van der Waals surface area contributed by atoms with E-state index in [1.54, 1.807) is 24.3 Å². The van der Waals surface area contributed by atoms with Crippen LogP contribution in [0, 0.1) is 5.92 Å². The summed E-state index contributed by atoms with van der Waals surface area (Å²) >= 11 is 6.12. The number of carbonyl (C=O) groups excluding carboxylic acids is 1. The first-order valence-corrected chi connectivity index (χ1v) is 13.0. The second-order valence-electron chi connectivity index (χ2n) is 8.14. The first kappa shape index (κ1) is 23.5. The minimum Gasteiger partial charge on any atom is -0.491 e. The largest absolute Gasteiger partial charge is 0.491 e. The zero-order valence-corrected chi connectivity index (χ0v) is 19.8. The van der Waals surface area contributed by atoms with Crippen molar-refractivity contribution in [2.24, 2.45) is 5.92 Å². The number of fused-ring (bicyclic) bond motifs is 1. The predicted octanol–water partition coefficient (Wildman–Crippen LogP) is 4.23. The summed E-state index contributed by atoms with van der Waals surface area (Å²) < 4.78 is 32.9. The quantitative estimate of drug-likeness (QED) is 0.483. The number of nitrogens with one attached hydrogen (secondary N) is 1. The van der Waals surface area contributed by atoms with Crippen LogP contribution in [0.1, 0.15) is 18.4 Å². The lowest BCUT2D eigenvalue weighted by Gasteiger charge is -2.30. The Balaban J connectivity index is 1.23. The molecule has 0 spiro atoms. The highest BCUT2D eigenvalue weighted by Gasteiger charge is 2.31. The number of sulfonamides is 1. The Kier molecular flexibility index (Phi) is 7.53. The summed E-state index contributed by atoms with van der Waals surface area (Å²) in [5, 5.41) is 5.51. The molecule has 33 heavy (non-hydrogen) atoms. The number of halogens is 1. The van der Waals surface area contributed by atoms with Crippen molar-refractivity contribution in [3.8, 4) is 5.75 Å². The van der Waals surface area contributed by atoms with Gasteiger partial charge < -0.3 is 10.1 Å². The topological polar surface area (TPSA) is 75.7 Å². The maximum Gasteiger partial charge on any atom is 0.223 e. The maximum absolute atomic E-state index is 12.8. The second kappa shape index (κ2) is 10.5. The Hall–Kier alpha value is -2.61. The third-order valence-corrected chi connectivity index (χ3v) is 8.12. The molecule has 0 aliphatic carbocycles. The molecule has 1 heterocycles. The fraction of sp³-hybridized carbons (Fsp3) is 0.320. The van der Waals surface area contributed by atoms with E-state index in [1.165, 1.54) is 4.31 Å². The van der Waals surface area contributed by atoms with Crippen molar-refractivity contribution in [1.82, 2.24) is 9.62 Å². The number of piperidine rings is 1. The van der Waals surface area contributed by atoms with Crippen molar-refractivity contribution in [3.05, 3.63) is 77.3 Å². The SMILES string of the molecule is O=C(NCCOc1cccc2ccccc12)C1CCN(S(=O)(=O)Cc2ccccc2Cl)CC1. The van der Waals surface area contributed by atoms with Gasteiger partial charge in [0.1, 0.15) is 12.4 Å². The van der Waals surface area contributed by atoms with Crippen LogP contribution in [0.5, 0.6) is 5.75 Å². The van der Waals surface area contributed by atoms with Gasteiger partial charge in [-0.2, -0.15) is 0 Å². The lowest BCUT2D eigenvalue weighted by Crippen LogP contribution is -2.44. The van der Waals surface area contributed by atoms with Crippen molar-refractivity contribution < 1.29 is 17.9 Å². The molecule has 0 aromatic heterocycles. The normalized spacial score (nSPS) is 15.4. The van der Waals surface area contributed by atoms with Crippen LogP contribution >= 0.6 is 11.6 Å². The summed E-state index contributed by atoms with van der Waals surface area (Å²) in [6, 6.07) is 20.9. The molecule has 174 valence electrons. The second-order valence-corrected chi connectivity index (χ2v) is 10.5. The Labute approximate surface area is 199 Å². The Morgan fingerprint density at radius 1 is 1.00 bits per heavy atom. The summed E-state index contributed by atoms with van der Waals surface area (Å²) in [5.74, 6) is 0.406. The van der Waals surface area contributed by atoms with E-state index < -0.39 is 10.0 Å². The standard InChI is InChI=1S/C25H27ClN2O4S/c26-23-10-4-2-7-21(23)18-33(30,31)28-15-12-20(13-16-28)25(29)27-14-17-32-24-11-5-8-19-6-1-3-9-22(19)24/h1-11,20H,12-18H2,(H,27,29). The minimum absolute atomic E-state index is 0.0559. The van der Waals surface area contributed by atoms with E-state index in [1.807, 2.05) is 42.5 Å². The van der Waals surface area contributed by atoms with Gasteiger partial charge in [0.05, 0.1) is 12.3 Å². The van der Waals surface area contributed by atoms with E-state index in [4.69, 9.17) is 16.3 Å². The predicted molar refractivity (Wildman–Crippen MR) is 131 cm³/mol. The van der Waals surface area contributed by atoms with Gasteiger partial charge in [-0.15, -0.1) is 0 Å². The van der Waals surface area contributed by atoms with Crippen LogP contribution in [0.4, 0.5) is 0 Å². The van der Waals surface area contributed by atoms with E-state index in [9.17, 15) is 13.2 Å². The highest BCUT2D eigenvalue weighted by Crippen LogP contribution is 2.26. The Morgan fingerprint density at radius 2 is 1.70 bits per heavy atom. The zero-order chi connectivity index (χ0) is 23.3. The molecular formula is C25H27ClN2O4S. The number of rotatable bonds is 8. The summed E-state index contributed by atoms with van der Waals surface area (Å²) in [6.45, 7) is 1.42. The third-order valence-electron chi connectivity index (χ3n) is 5.92. The molecular weight excluding hydrogens is 460 g/mol. The van der Waals surface area contributed by atoms with Crippen LogP contribution in [0.15, 0.2) is 66.7 Å². The van der Waals surface area contributed by atoms with Gasteiger partial charge in [0.2, 0.25) is 15.9 Å². The third kappa shape index (κ3) is 5.85. The van der Waals surface area contributed by atoms with E-state index in [-0.39, 0.29) is 17.6 Å². The van der Waals surface area contributed by atoms with Crippen LogP contribution < -0.4 is 10.1 Å². The monoisotopic (exact) mass is 486 g/mol. The van der Waals surface area contributed by atoms with Crippen molar-refractivity contribution in [3.63, 3.8) is 0 Å². The molecule has 1 amide bonds. The van der Waals surface area contributed by atoms with Gasteiger partial charge >= 0.3 is 0 Å². The smallest absolute Gasteiger partial charge is 0.223 e. The van der Waals surface area contributed by atoms with E-state index in [0.717, 1.165) is 16.5 Å². The highest BCUT2D eigenvalue weighted by atomic mass is 35.5. The molecule has 1 aliphatic rings. The molecule has 0 unspecified atom stereocenters. The minimum atomic E-state index is -3.48. The van der Waals surface area contributed by atoms with E-state index in [2.05, 4.69) is 5.32 Å².